The van der Waals surface area contributed by atoms with Crippen molar-refractivity contribution in [3.63, 3.8) is 0 Å². The van der Waals surface area contributed by atoms with Gasteiger partial charge in [-0.1, -0.05) is 0 Å². The number of hydrogen-bond donors (Lipinski definition) is 1. The Hall–Kier alpha value is -0.120. The van der Waals surface area contributed by atoms with E-state index < -0.39 is 0 Å². The highest BCUT2D eigenvalue weighted by atomic mass is 16.5. The van der Waals surface area contributed by atoms with Crippen molar-refractivity contribution in [1.82, 2.24) is 4.90 Å². The third-order valence-corrected chi connectivity index (χ3v) is 3.58. The molecule has 0 spiro atoms. The topological polar surface area (TPSA) is 38.5 Å². The van der Waals surface area contributed by atoms with Crippen molar-refractivity contribution in [2.75, 3.05) is 13.7 Å². The van der Waals surface area contributed by atoms with Crippen LogP contribution < -0.4 is 5.73 Å². The molecule has 2 rings (SSSR count). The van der Waals surface area contributed by atoms with Gasteiger partial charge in [0.2, 0.25) is 0 Å². The molecule has 1 heterocycles. The first-order valence-corrected chi connectivity index (χ1v) is 5.27. The van der Waals surface area contributed by atoms with Gasteiger partial charge in [-0.3, -0.25) is 4.90 Å². The molecule has 2 fully saturated rings. The molecule has 3 heteroatoms. The molecule has 2 N–H and O–H groups in total. The van der Waals surface area contributed by atoms with E-state index in [2.05, 4.69) is 18.9 Å². The number of nitrogens with two attached hydrogens (primary N) is 1. The standard InChI is InChI=1S/C10H20N2O/c1-7-10(3-4-13-7)12(2)9-5-8(11)6-9/h7-10H,3-6,11H2,1-2H3. The lowest BCUT2D eigenvalue weighted by Gasteiger charge is -2.43. The maximum Gasteiger partial charge on any atom is 0.0703 e. The van der Waals surface area contributed by atoms with Crippen LogP contribution in [0.2, 0.25) is 0 Å². The highest BCUT2D eigenvalue weighted by Crippen LogP contribution is 2.28. The monoisotopic (exact) mass is 184 g/mol. The highest BCUT2D eigenvalue weighted by molar-refractivity contribution is 4.93. The highest BCUT2D eigenvalue weighted by Gasteiger charge is 2.36. The van der Waals surface area contributed by atoms with Gasteiger partial charge in [0.1, 0.15) is 0 Å². The van der Waals surface area contributed by atoms with Crippen molar-refractivity contribution in [3.05, 3.63) is 0 Å². The van der Waals surface area contributed by atoms with Crippen LogP contribution in [0.4, 0.5) is 0 Å². The molecule has 0 aromatic heterocycles. The van der Waals surface area contributed by atoms with E-state index in [-0.39, 0.29) is 0 Å². The molecule has 0 aromatic rings. The number of rotatable bonds is 2. The van der Waals surface area contributed by atoms with Crippen LogP contribution in [0, 0.1) is 0 Å². The average Bonchev–Trinajstić information content (AvgIpc) is 2.44. The lowest BCUT2D eigenvalue weighted by atomic mass is 9.85. The van der Waals surface area contributed by atoms with Crippen LogP contribution in [-0.2, 0) is 4.74 Å². The van der Waals surface area contributed by atoms with Crippen LogP contribution in [0.5, 0.6) is 0 Å². The number of hydrogen-bond acceptors (Lipinski definition) is 3. The molecule has 0 aromatic carbocycles. The largest absolute Gasteiger partial charge is 0.377 e. The van der Waals surface area contributed by atoms with E-state index in [1.165, 1.54) is 19.3 Å². The SMILES string of the molecule is CC1OCCC1N(C)C1CC(N)C1. The van der Waals surface area contributed by atoms with Crippen molar-refractivity contribution in [2.45, 2.75) is 50.4 Å². The van der Waals surface area contributed by atoms with Crippen molar-refractivity contribution in [1.29, 1.82) is 0 Å². The molecule has 1 aliphatic carbocycles. The Labute approximate surface area is 80.2 Å². The maximum atomic E-state index is 5.78. The minimum Gasteiger partial charge on any atom is -0.377 e. The predicted molar refractivity (Wildman–Crippen MR) is 52.6 cm³/mol. The molecular weight excluding hydrogens is 164 g/mol. The fraction of sp³-hybridized carbons (Fsp3) is 1.00. The summed E-state index contributed by atoms with van der Waals surface area (Å²) in [5, 5.41) is 0. The molecule has 0 amide bonds. The number of nitrogens with zero attached hydrogens (tertiary/aromatic N) is 1. The Morgan fingerprint density at radius 2 is 2.08 bits per heavy atom. The molecule has 2 unspecified atom stereocenters. The predicted octanol–water partition coefficient (Wildman–Crippen LogP) is 0.585. The summed E-state index contributed by atoms with van der Waals surface area (Å²) >= 11 is 0. The van der Waals surface area contributed by atoms with Gasteiger partial charge in [-0.15, -0.1) is 0 Å². The summed E-state index contributed by atoms with van der Waals surface area (Å²) in [5.74, 6) is 0. The molecule has 0 radical (unpaired) electrons. The van der Waals surface area contributed by atoms with E-state index in [4.69, 9.17) is 10.5 Å². The normalized spacial score (nSPS) is 45.2. The maximum absolute atomic E-state index is 5.78. The fourth-order valence-electron chi connectivity index (χ4n) is 2.49. The summed E-state index contributed by atoms with van der Waals surface area (Å²) in [5.41, 5.74) is 5.78. The quantitative estimate of drug-likeness (QED) is 0.682. The lowest BCUT2D eigenvalue weighted by Crippen LogP contribution is -2.53. The zero-order chi connectivity index (χ0) is 9.42. The second kappa shape index (κ2) is 3.56. The Kier molecular flexibility index (Phi) is 2.58. The summed E-state index contributed by atoms with van der Waals surface area (Å²) in [6.45, 7) is 3.10. The third kappa shape index (κ3) is 1.73. The van der Waals surface area contributed by atoms with Crippen molar-refractivity contribution < 1.29 is 4.74 Å². The zero-order valence-electron chi connectivity index (χ0n) is 8.57. The van der Waals surface area contributed by atoms with Crippen molar-refractivity contribution in [3.8, 4) is 0 Å². The minimum atomic E-state index is 0.404. The van der Waals surface area contributed by atoms with Crippen LogP contribution in [0.1, 0.15) is 26.2 Å². The van der Waals surface area contributed by atoms with E-state index in [0.29, 0.717) is 24.2 Å². The summed E-state index contributed by atoms with van der Waals surface area (Å²) in [4.78, 5) is 2.47. The molecular formula is C10H20N2O. The Morgan fingerprint density at radius 1 is 1.38 bits per heavy atom. The van der Waals surface area contributed by atoms with Gasteiger partial charge in [0.05, 0.1) is 6.10 Å². The van der Waals surface area contributed by atoms with Crippen molar-refractivity contribution in [2.24, 2.45) is 5.73 Å². The van der Waals surface area contributed by atoms with Gasteiger partial charge in [-0.05, 0) is 33.2 Å². The van der Waals surface area contributed by atoms with E-state index in [0.717, 1.165) is 6.61 Å². The Balaban J connectivity index is 1.86. The van der Waals surface area contributed by atoms with Gasteiger partial charge in [0.25, 0.3) is 0 Å². The number of ether oxygens (including phenoxy) is 1. The van der Waals surface area contributed by atoms with Crippen LogP contribution in [0.15, 0.2) is 0 Å². The third-order valence-electron chi connectivity index (χ3n) is 3.58. The van der Waals surface area contributed by atoms with Gasteiger partial charge in [-0.2, -0.15) is 0 Å². The molecule has 13 heavy (non-hydrogen) atoms. The van der Waals surface area contributed by atoms with Gasteiger partial charge in [0, 0.05) is 24.7 Å². The van der Waals surface area contributed by atoms with Gasteiger partial charge in [0.15, 0.2) is 0 Å². The van der Waals surface area contributed by atoms with Crippen LogP contribution >= 0.6 is 0 Å². The lowest BCUT2D eigenvalue weighted by molar-refractivity contribution is 0.0414. The second-order valence-corrected chi connectivity index (χ2v) is 4.48. The molecule has 1 saturated heterocycles. The Morgan fingerprint density at radius 3 is 2.54 bits per heavy atom. The molecule has 3 nitrogen and oxygen atoms in total. The molecule has 76 valence electrons. The first-order chi connectivity index (χ1) is 6.18. The second-order valence-electron chi connectivity index (χ2n) is 4.48. The summed E-state index contributed by atoms with van der Waals surface area (Å²) in [6, 6.07) is 1.78. The van der Waals surface area contributed by atoms with Gasteiger partial charge in [-0.25, -0.2) is 0 Å². The molecule has 0 bridgehead atoms. The first kappa shape index (κ1) is 9.44. The van der Waals surface area contributed by atoms with Crippen LogP contribution in [-0.4, -0.2) is 42.8 Å². The van der Waals surface area contributed by atoms with E-state index in [1.807, 2.05) is 0 Å². The van der Waals surface area contributed by atoms with E-state index in [9.17, 15) is 0 Å². The average molecular weight is 184 g/mol. The zero-order valence-corrected chi connectivity index (χ0v) is 8.57. The summed E-state index contributed by atoms with van der Waals surface area (Å²) in [7, 11) is 2.21. The Bertz CT molecular complexity index is 180. The molecule has 1 saturated carbocycles. The first-order valence-electron chi connectivity index (χ1n) is 5.27. The van der Waals surface area contributed by atoms with E-state index in [1.54, 1.807) is 0 Å². The fourth-order valence-corrected chi connectivity index (χ4v) is 2.49. The minimum absolute atomic E-state index is 0.404. The molecule has 1 aliphatic heterocycles. The van der Waals surface area contributed by atoms with E-state index >= 15 is 0 Å². The number of likely N-dealkylation sites (N-methyl/N-ethyl adjacent to an activating group) is 1. The van der Waals surface area contributed by atoms with Gasteiger partial charge >= 0.3 is 0 Å². The summed E-state index contributed by atoms with van der Waals surface area (Å²) in [6.07, 6.45) is 3.92. The summed E-state index contributed by atoms with van der Waals surface area (Å²) < 4.78 is 5.56. The van der Waals surface area contributed by atoms with Crippen LogP contribution in [0.25, 0.3) is 0 Å². The molecule has 2 aliphatic rings. The van der Waals surface area contributed by atoms with Crippen molar-refractivity contribution >= 4 is 0 Å². The van der Waals surface area contributed by atoms with Gasteiger partial charge < -0.3 is 10.5 Å². The smallest absolute Gasteiger partial charge is 0.0703 e. The van der Waals surface area contributed by atoms with Crippen LogP contribution in [0.3, 0.4) is 0 Å². The molecule has 2 atom stereocenters.